The van der Waals surface area contributed by atoms with Crippen molar-refractivity contribution in [2.75, 3.05) is 0 Å². The van der Waals surface area contributed by atoms with E-state index in [0.29, 0.717) is 0 Å². The molecule has 0 spiro atoms. The predicted octanol–water partition coefficient (Wildman–Crippen LogP) is 9.58. The Hall–Kier alpha value is -5.74. The van der Waals surface area contributed by atoms with E-state index in [4.69, 9.17) is 19.4 Å². The minimum atomic E-state index is -0.708. The monoisotopic (exact) mass is 554 g/mol. The van der Waals surface area contributed by atoms with Crippen molar-refractivity contribution in [2.24, 2.45) is 0 Å². The molecule has 2 aromatic heterocycles. The zero-order chi connectivity index (χ0) is 28.6. The average molecular weight is 555 g/mol. The first-order valence-corrected chi connectivity index (χ1v) is 14.3. The minimum absolute atomic E-state index is 0.708. The Morgan fingerprint density at radius 3 is 2.02 bits per heavy atom. The number of rotatable bonds is 5. The van der Waals surface area contributed by atoms with Crippen LogP contribution in [0, 0.1) is 0 Å². The second kappa shape index (κ2) is 10.3. The summed E-state index contributed by atoms with van der Waals surface area (Å²) in [5.41, 5.74) is 5.26. The molecule has 8 rings (SSSR count). The lowest BCUT2D eigenvalue weighted by Crippen LogP contribution is -2.35. The van der Waals surface area contributed by atoms with Crippen molar-refractivity contribution in [1.29, 1.82) is 0 Å². The van der Waals surface area contributed by atoms with Crippen LogP contribution in [0.1, 0.15) is 22.4 Å². The highest BCUT2D eigenvalue weighted by Crippen LogP contribution is 2.55. The molecule has 5 aromatic carbocycles. The van der Waals surface area contributed by atoms with Crippen LogP contribution in [0.4, 0.5) is 0 Å². The Labute approximate surface area is 249 Å². The van der Waals surface area contributed by atoms with Crippen LogP contribution in [0.3, 0.4) is 0 Å². The molecule has 7 aromatic rings. The Bertz CT molecular complexity index is 2050. The molecule has 0 fully saturated rings. The van der Waals surface area contributed by atoms with E-state index in [1.807, 2.05) is 91.3 Å². The average Bonchev–Trinajstić information content (AvgIpc) is 3.07. The highest BCUT2D eigenvalue weighted by molar-refractivity contribution is 5.94. The quantitative estimate of drug-likeness (QED) is 0.212. The molecule has 1 aliphatic rings. The van der Waals surface area contributed by atoms with Crippen LogP contribution in [0.25, 0.3) is 22.0 Å². The van der Waals surface area contributed by atoms with Gasteiger partial charge in [-0.2, -0.15) is 0 Å². The molecule has 4 heteroatoms. The van der Waals surface area contributed by atoms with Crippen molar-refractivity contribution >= 4 is 10.8 Å². The van der Waals surface area contributed by atoms with E-state index in [0.717, 1.165) is 67.4 Å². The fourth-order valence-corrected chi connectivity index (χ4v) is 6.30. The summed E-state index contributed by atoms with van der Waals surface area (Å²) in [6.07, 6.45) is 3.71. The highest BCUT2D eigenvalue weighted by atomic mass is 16.5. The maximum atomic E-state index is 6.56. The van der Waals surface area contributed by atoms with Crippen LogP contribution in [0.5, 0.6) is 23.0 Å². The standard InChI is InChI=1S/C39H26N2O2/c1-2-16-32-27(11-1)22-24-41-38(32)28-12-9-14-30(25-28)42-31-15-10-13-29(26-31)39(37-21-7-8-23-40-37)33-17-3-5-19-35(33)43-36-20-6-4-18-34(36)39/h1-26H. The molecule has 0 aliphatic carbocycles. The van der Waals surface area contributed by atoms with E-state index >= 15 is 0 Å². The van der Waals surface area contributed by atoms with E-state index in [-0.39, 0.29) is 0 Å². The maximum Gasteiger partial charge on any atom is 0.132 e. The molecule has 43 heavy (non-hydrogen) atoms. The summed E-state index contributed by atoms with van der Waals surface area (Å²) >= 11 is 0. The predicted molar refractivity (Wildman–Crippen MR) is 170 cm³/mol. The summed E-state index contributed by atoms with van der Waals surface area (Å²) in [5.74, 6) is 3.10. The van der Waals surface area contributed by atoms with Crippen LogP contribution < -0.4 is 9.47 Å². The molecule has 3 heterocycles. The minimum Gasteiger partial charge on any atom is -0.457 e. The summed E-state index contributed by atoms with van der Waals surface area (Å²) in [5, 5.41) is 2.27. The van der Waals surface area contributed by atoms with Crippen LogP contribution in [0.2, 0.25) is 0 Å². The van der Waals surface area contributed by atoms with Crippen LogP contribution >= 0.6 is 0 Å². The first-order valence-electron chi connectivity index (χ1n) is 14.3. The van der Waals surface area contributed by atoms with E-state index in [2.05, 4.69) is 66.7 Å². The van der Waals surface area contributed by atoms with E-state index in [1.54, 1.807) is 0 Å². The number of fused-ring (bicyclic) bond motifs is 3. The number of para-hydroxylation sites is 2. The second-order valence-electron chi connectivity index (χ2n) is 10.6. The molecular weight excluding hydrogens is 528 g/mol. The fraction of sp³-hybridized carbons (Fsp3) is 0.0256. The summed E-state index contributed by atoms with van der Waals surface area (Å²) in [4.78, 5) is 9.64. The van der Waals surface area contributed by atoms with Gasteiger partial charge < -0.3 is 9.47 Å². The largest absolute Gasteiger partial charge is 0.457 e. The van der Waals surface area contributed by atoms with Crippen molar-refractivity contribution < 1.29 is 9.47 Å². The fourth-order valence-electron chi connectivity index (χ4n) is 6.30. The number of ether oxygens (including phenoxy) is 2. The number of aromatic nitrogens is 2. The lowest BCUT2D eigenvalue weighted by molar-refractivity contribution is 0.431. The summed E-state index contributed by atoms with van der Waals surface area (Å²) in [6, 6.07) is 49.3. The van der Waals surface area contributed by atoms with Gasteiger partial charge in [-0.1, -0.05) is 91.0 Å². The van der Waals surface area contributed by atoms with Gasteiger partial charge in [0.1, 0.15) is 23.0 Å². The van der Waals surface area contributed by atoms with Crippen LogP contribution in [-0.2, 0) is 5.41 Å². The highest BCUT2D eigenvalue weighted by Gasteiger charge is 2.46. The molecule has 204 valence electrons. The van der Waals surface area contributed by atoms with Crippen LogP contribution in [0.15, 0.2) is 158 Å². The van der Waals surface area contributed by atoms with Gasteiger partial charge in [0.2, 0.25) is 0 Å². The molecule has 4 nitrogen and oxygen atoms in total. The topological polar surface area (TPSA) is 44.2 Å². The van der Waals surface area contributed by atoms with E-state index in [9.17, 15) is 0 Å². The normalized spacial score (nSPS) is 13.0. The van der Waals surface area contributed by atoms with Gasteiger partial charge in [0, 0.05) is 34.5 Å². The number of nitrogens with zero attached hydrogens (tertiary/aromatic N) is 2. The summed E-state index contributed by atoms with van der Waals surface area (Å²) in [6.45, 7) is 0. The zero-order valence-corrected chi connectivity index (χ0v) is 23.2. The van der Waals surface area contributed by atoms with Crippen molar-refractivity contribution in [2.45, 2.75) is 5.41 Å². The molecule has 0 unspecified atom stereocenters. The smallest absolute Gasteiger partial charge is 0.132 e. The molecule has 0 radical (unpaired) electrons. The first-order chi connectivity index (χ1) is 21.3. The Kier molecular flexibility index (Phi) is 5.97. The number of hydrogen-bond acceptors (Lipinski definition) is 4. The van der Waals surface area contributed by atoms with Gasteiger partial charge in [-0.3, -0.25) is 9.97 Å². The Morgan fingerprint density at radius 2 is 1.23 bits per heavy atom. The third-order valence-electron chi connectivity index (χ3n) is 8.14. The van der Waals surface area contributed by atoms with Gasteiger partial charge in [0.15, 0.2) is 0 Å². The van der Waals surface area contributed by atoms with Gasteiger partial charge in [-0.15, -0.1) is 0 Å². The molecule has 1 aliphatic heterocycles. The maximum absolute atomic E-state index is 6.56. The number of pyridine rings is 2. The van der Waals surface area contributed by atoms with Gasteiger partial charge in [0.05, 0.1) is 16.8 Å². The van der Waals surface area contributed by atoms with Gasteiger partial charge in [0.25, 0.3) is 0 Å². The van der Waals surface area contributed by atoms with Crippen molar-refractivity contribution in [3.63, 3.8) is 0 Å². The zero-order valence-electron chi connectivity index (χ0n) is 23.2. The lowest BCUT2D eigenvalue weighted by Gasteiger charge is -2.40. The molecule has 0 saturated heterocycles. The van der Waals surface area contributed by atoms with E-state index < -0.39 is 5.41 Å². The Balaban J connectivity index is 1.27. The van der Waals surface area contributed by atoms with Crippen molar-refractivity contribution in [1.82, 2.24) is 9.97 Å². The lowest BCUT2D eigenvalue weighted by atomic mass is 9.65. The Morgan fingerprint density at radius 1 is 0.535 bits per heavy atom. The molecule has 0 saturated carbocycles. The third kappa shape index (κ3) is 4.15. The number of benzene rings is 5. The summed E-state index contributed by atoms with van der Waals surface area (Å²) in [7, 11) is 0. The molecule has 0 bridgehead atoms. The van der Waals surface area contributed by atoms with Gasteiger partial charge in [-0.25, -0.2) is 0 Å². The molecule has 0 N–H and O–H groups in total. The molecule has 0 atom stereocenters. The first kappa shape index (κ1) is 25.0. The van der Waals surface area contributed by atoms with Crippen molar-refractivity contribution in [3.8, 4) is 34.3 Å². The van der Waals surface area contributed by atoms with Gasteiger partial charge in [-0.05, 0) is 65.5 Å². The number of hydrogen-bond donors (Lipinski definition) is 0. The molecule has 0 amide bonds. The van der Waals surface area contributed by atoms with Crippen molar-refractivity contribution in [3.05, 3.63) is 180 Å². The molecular formula is C39H26N2O2. The van der Waals surface area contributed by atoms with Crippen LogP contribution in [-0.4, -0.2) is 9.97 Å². The van der Waals surface area contributed by atoms with E-state index in [1.165, 1.54) is 0 Å². The van der Waals surface area contributed by atoms with Gasteiger partial charge >= 0.3 is 0 Å². The SMILES string of the molecule is c1ccc(C2(c3cccc(Oc4cccc(-c5nccc6ccccc56)c4)c3)c3ccccc3Oc3ccccc32)nc1. The second-order valence-corrected chi connectivity index (χ2v) is 10.6. The summed E-state index contributed by atoms with van der Waals surface area (Å²) < 4.78 is 13.0. The third-order valence-corrected chi connectivity index (χ3v) is 8.14.